The number of nitrogens with zero attached hydrogens (tertiary/aromatic N) is 2. The van der Waals surface area contributed by atoms with Crippen molar-refractivity contribution in [1.29, 1.82) is 0 Å². The first-order chi connectivity index (χ1) is 7.15. The summed E-state index contributed by atoms with van der Waals surface area (Å²) < 4.78 is 0. The Kier molecular flexibility index (Phi) is 4.39. The number of hydrogen-bond acceptors (Lipinski definition) is 2. The summed E-state index contributed by atoms with van der Waals surface area (Å²) >= 11 is 0. The van der Waals surface area contributed by atoms with Gasteiger partial charge in [-0.15, -0.1) is 0 Å². The smallest absolute Gasteiger partial charge is 0.244 e. The van der Waals surface area contributed by atoms with E-state index in [0.717, 1.165) is 25.9 Å². The maximum absolute atomic E-state index is 11.9. The van der Waals surface area contributed by atoms with Crippen LogP contribution in [-0.2, 0) is 4.79 Å². The topological polar surface area (TPSA) is 70.7 Å². The quantitative estimate of drug-likeness (QED) is 0.497. The lowest BCUT2D eigenvalue weighted by Crippen LogP contribution is -2.50. The molecule has 0 saturated carbocycles. The molecule has 1 unspecified atom stereocenters. The number of nitrogens with one attached hydrogen (secondary N) is 1. The number of rotatable bonds is 2. The third-order valence-electron chi connectivity index (χ3n) is 2.64. The van der Waals surface area contributed by atoms with Crippen LogP contribution in [0.4, 0.5) is 0 Å². The van der Waals surface area contributed by atoms with Crippen molar-refractivity contribution >= 4 is 11.9 Å². The van der Waals surface area contributed by atoms with E-state index in [1.807, 2.05) is 11.8 Å². The highest BCUT2D eigenvalue weighted by Gasteiger charge is 2.21. The molecule has 5 nitrogen and oxygen atoms in total. The van der Waals surface area contributed by atoms with Gasteiger partial charge in [0.15, 0.2) is 5.96 Å². The van der Waals surface area contributed by atoms with E-state index in [1.165, 1.54) is 6.42 Å². The molecule has 1 rings (SSSR count). The number of hydrogen-bond donors (Lipinski definition) is 2. The zero-order valence-electron chi connectivity index (χ0n) is 9.49. The number of likely N-dealkylation sites (tertiary alicyclic amines) is 1. The van der Waals surface area contributed by atoms with E-state index in [2.05, 4.69) is 10.3 Å². The van der Waals surface area contributed by atoms with E-state index in [1.54, 1.807) is 7.05 Å². The molecule has 0 radical (unpaired) electrons. The van der Waals surface area contributed by atoms with Crippen LogP contribution in [0.3, 0.4) is 0 Å². The molecular formula is C10H20N4O. The Morgan fingerprint density at radius 1 is 1.40 bits per heavy atom. The van der Waals surface area contributed by atoms with Crippen LogP contribution in [-0.4, -0.2) is 42.9 Å². The minimum atomic E-state index is -0.285. The van der Waals surface area contributed by atoms with Crippen molar-refractivity contribution in [1.82, 2.24) is 10.2 Å². The van der Waals surface area contributed by atoms with Gasteiger partial charge in [-0.2, -0.15) is 0 Å². The van der Waals surface area contributed by atoms with Crippen LogP contribution in [0.15, 0.2) is 4.99 Å². The number of carbonyl (C=O) groups excluding carboxylic acids is 1. The molecule has 1 fully saturated rings. The lowest BCUT2D eigenvalue weighted by molar-refractivity contribution is -0.133. The first-order valence-corrected chi connectivity index (χ1v) is 5.42. The van der Waals surface area contributed by atoms with E-state index >= 15 is 0 Å². The standard InChI is InChI=1S/C10H20N4O/c1-8(13-10(11)12-2)9(15)14-6-4-3-5-7-14/h8H,3-7H2,1-2H3,(H3,11,12,13). The van der Waals surface area contributed by atoms with Gasteiger partial charge in [-0.1, -0.05) is 0 Å². The number of piperidine rings is 1. The minimum Gasteiger partial charge on any atom is -0.370 e. The van der Waals surface area contributed by atoms with Gasteiger partial charge in [0.1, 0.15) is 6.04 Å². The molecule has 0 aliphatic carbocycles. The third kappa shape index (κ3) is 3.42. The van der Waals surface area contributed by atoms with Gasteiger partial charge >= 0.3 is 0 Å². The zero-order valence-corrected chi connectivity index (χ0v) is 9.49. The van der Waals surface area contributed by atoms with Crippen molar-refractivity contribution < 1.29 is 4.79 Å². The van der Waals surface area contributed by atoms with Gasteiger partial charge in [0.25, 0.3) is 0 Å². The number of carbonyl (C=O) groups is 1. The van der Waals surface area contributed by atoms with Crippen LogP contribution in [0, 0.1) is 0 Å². The van der Waals surface area contributed by atoms with E-state index in [4.69, 9.17) is 5.73 Å². The molecule has 1 saturated heterocycles. The fourth-order valence-corrected chi connectivity index (χ4v) is 1.74. The van der Waals surface area contributed by atoms with Gasteiger partial charge < -0.3 is 16.0 Å². The third-order valence-corrected chi connectivity index (χ3v) is 2.64. The molecule has 3 N–H and O–H groups in total. The second-order valence-corrected chi connectivity index (χ2v) is 3.86. The van der Waals surface area contributed by atoms with Crippen LogP contribution in [0.2, 0.25) is 0 Å². The number of aliphatic imine (C=N–C) groups is 1. The number of nitrogens with two attached hydrogens (primary N) is 1. The van der Waals surface area contributed by atoms with Gasteiger partial charge in [-0.3, -0.25) is 9.79 Å². The Morgan fingerprint density at radius 2 is 2.00 bits per heavy atom. The summed E-state index contributed by atoms with van der Waals surface area (Å²) in [6.07, 6.45) is 3.44. The summed E-state index contributed by atoms with van der Waals surface area (Å²) in [5.74, 6) is 0.425. The van der Waals surface area contributed by atoms with Crippen LogP contribution in [0.1, 0.15) is 26.2 Å². The summed E-state index contributed by atoms with van der Waals surface area (Å²) in [5.41, 5.74) is 5.51. The molecular weight excluding hydrogens is 192 g/mol. The molecule has 1 aliphatic heterocycles. The average molecular weight is 212 g/mol. The van der Waals surface area contributed by atoms with Crippen molar-refractivity contribution in [3.63, 3.8) is 0 Å². The first kappa shape index (κ1) is 11.8. The molecule has 1 aliphatic rings. The normalized spacial score (nSPS) is 19.9. The lowest BCUT2D eigenvalue weighted by atomic mass is 10.1. The Hall–Kier alpha value is -1.26. The average Bonchev–Trinajstić information content (AvgIpc) is 2.29. The zero-order chi connectivity index (χ0) is 11.3. The van der Waals surface area contributed by atoms with Gasteiger partial charge in [-0.05, 0) is 26.2 Å². The summed E-state index contributed by atoms with van der Waals surface area (Å²) in [4.78, 5) is 17.6. The molecule has 0 aromatic heterocycles. The molecule has 1 atom stereocenters. The molecule has 1 amide bonds. The largest absolute Gasteiger partial charge is 0.370 e. The van der Waals surface area contributed by atoms with Gasteiger partial charge in [-0.25, -0.2) is 0 Å². The van der Waals surface area contributed by atoms with E-state index < -0.39 is 0 Å². The number of guanidine groups is 1. The summed E-state index contributed by atoms with van der Waals surface area (Å²) in [7, 11) is 1.60. The Morgan fingerprint density at radius 3 is 2.53 bits per heavy atom. The molecule has 1 heterocycles. The van der Waals surface area contributed by atoms with Crippen molar-refractivity contribution in [3.05, 3.63) is 0 Å². The molecule has 15 heavy (non-hydrogen) atoms. The molecule has 5 heteroatoms. The molecule has 0 bridgehead atoms. The van der Waals surface area contributed by atoms with Gasteiger partial charge in [0.05, 0.1) is 0 Å². The Bertz CT molecular complexity index is 246. The lowest BCUT2D eigenvalue weighted by Gasteiger charge is -2.29. The molecule has 0 spiro atoms. The predicted octanol–water partition coefficient (Wildman–Crippen LogP) is -0.0785. The monoisotopic (exact) mass is 212 g/mol. The highest BCUT2D eigenvalue weighted by atomic mass is 16.2. The molecule has 0 aromatic carbocycles. The second kappa shape index (κ2) is 5.58. The minimum absolute atomic E-state index is 0.112. The van der Waals surface area contributed by atoms with Crippen LogP contribution < -0.4 is 11.1 Å². The highest BCUT2D eigenvalue weighted by Crippen LogP contribution is 2.09. The highest BCUT2D eigenvalue weighted by molar-refractivity contribution is 5.87. The van der Waals surface area contributed by atoms with E-state index in [-0.39, 0.29) is 11.9 Å². The summed E-state index contributed by atoms with van der Waals surface area (Å²) in [6, 6.07) is -0.285. The maximum Gasteiger partial charge on any atom is 0.244 e. The predicted molar refractivity (Wildman–Crippen MR) is 60.6 cm³/mol. The second-order valence-electron chi connectivity index (χ2n) is 3.86. The van der Waals surface area contributed by atoms with E-state index in [0.29, 0.717) is 5.96 Å². The molecule has 86 valence electrons. The number of amides is 1. The van der Waals surface area contributed by atoms with Crippen molar-refractivity contribution in [2.24, 2.45) is 10.7 Å². The first-order valence-electron chi connectivity index (χ1n) is 5.42. The van der Waals surface area contributed by atoms with Gasteiger partial charge in [0, 0.05) is 20.1 Å². The summed E-state index contributed by atoms with van der Waals surface area (Å²) in [6.45, 7) is 3.55. The SMILES string of the molecule is CN=C(N)NC(C)C(=O)N1CCCCC1. The fourth-order valence-electron chi connectivity index (χ4n) is 1.74. The molecule has 0 aromatic rings. The van der Waals surface area contributed by atoms with Gasteiger partial charge in [0.2, 0.25) is 5.91 Å². The van der Waals surface area contributed by atoms with Crippen LogP contribution in [0.5, 0.6) is 0 Å². The van der Waals surface area contributed by atoms with E-state index in [9.17, 15) is 4.79 Å². The summed E-state index contributed by atoms with van der Waals surface area (Å²) in [5, 5.41) is 2.86. The van der Waals surface area contributed by atoms with Crippen molar-refractivity contribution in [2.75, 3.05) is 20.1 Å². The van der Waals surface area contributed by atoms with Crippen LogP contribution in [0.25, 0.3) is 0 Å². The fraction of sp³-hybridized carbons (Fsp3) is 0.800. The van der Waals surface area contributed by atoms with Crippen molar-refractivity contribution in [3.8, 4) is 0 Å². The van der Waals surface area contributed by atoms with Crippen molar-refractivity contribution in [2.45, 2.75) is 32.2 Å². The maximum atomic E-state index is 11.9. The Labute approximate surface area is 90.7 Å². The Balaban J connectivity index is 2.44. The van der Waals surface area contributed by atoms with Crippen LogP contribution >= 0.6 is 0 Å².